The molecule has 0 aromatic carbocycles. The number of nitrogens with zero attached hydrogens (tertiary/aromatic N) is 3. The summed E-state index contributed by atoms with van der Waals surface area (Å²) in [5.41, 5.74) is 0.950. The summed E-state index contributed by atoms with van der Waals surface area (Å²) in [6, 6.07) is 3.96. The second-order valence-corrected chi connectivity index (χ2v) is 9.79. The molecule has 1 fully saturated rings. The molecule has 0 N–H and O–H groups in total. The lowest BCUT2D eigenvalue weighted by Crippen LogP contribution is -2.45. The van der Waals surface area contributed by atoms with Crippen LogP contribution in [-0.4, -0.2) is 41.1 Å². The minimum atomic E-state index is -3.45. The monoisotopic (exact) mass is 367 g/mol. The van der Waals surface area contributed by atoms with Crippen LogP contribution in [0.15, 0.2) is 24.5 Å². The normalized spacial score (nSPS) is 15.7. The molecule has 0 radical (unpaired) electrons. The lowest BCUT2D eigenvalue weighted by molar-refractivity contribution is 0.304. The van der Waals surface area contributed by atoms with Crippen molar-refractivity contribution in [1.29, 1.82) is 0 Å². The summed E-state index contributed by atoms with van der Waals surface area (Å²) in [5, 5.41) is 0. The Morgan fingerprint density at radius 3 is 2.16 bits per heavy atom. The van der Waals surface area contributed by atoms with E-state index in [0.717, 1.165) is 31.2 Å². The van der Waals surface area contributed by atoms with Crippen LogP contribution < -0.4 is 0 Å². The highest BCUT2D eigenvalue weighted by atomic mass is 32.2. The van der Waals surface area contributed by atoms with Crippen LogP contribution in [0, 0.1) is 11.8 Å². The number of pyridine rings is 1. The molecule has 142 valence electrons. The van der Waals surface area contributed by atoms with Crippen LogP contribution in [0.2, 0.25) is 0 Å². The molecule has 1 aromatic rings. The molecule has 0 amide bonds. The van der Waals surface area contributed by atoms with Crippen LogP contribution in [0.1, 0.15) is 58.9 Å². The van der Waals surface area contributed by atoms with Crippen molar-refractivity contribution in [2.24, 2.45) is 11.8 Å². The molecule has 0 atom stereocenters. The molecular weight excluding hydrogens is 334 g/mol. The van der Waals surface area contributed by atoms with Gasteiger partial charge in [-0.3, -0.25) is 4.98 Å². The summed E-state index contributed by atoms with van der Waals surface area (Å²) in [4.78, 5) is 4.13. The lowest BCUT2D eigenvalue weighted by Gasteiger charge is -2.31. The molecule has 0 bridgehead atoms. The molecule has 5 nitrogen and oxygen atoms in total. The standard InChI is InChI=1S/C19H33N3O2S/c1-16(2)9-12-21(13-10-17(3)4)25(23,24)22(19-7-8-19)15-18-6-5-11-20-14-18/h5-6,11,14,16-17,19H,7-10,12-13,15H2,1-4H3. The van der Waals surface area contributed by atoms with Crippen molar-refractivity contribution in [3.8, 4) is 0 Å². The molecule has 0 saturated heterocycles. The van der Waals surface area contributed by atoms with Crippen LogP contribution in [0.4, 0.5) is 0 Å². The zero-order valence-electron chi connectivity index (χ0n) is 16.1. The van der Waals surface area contributed by atoms with E-state index in [1.807, 2.05) is 12.1 Å². The molecule has 1 aliphatic carbocycles. The van der Waals surface area contributed by atoms with Gasteiger partial charge in [0.15, 0.2) is 0 Å². The fourth-order valence-corrected chi connectivity index (χ4v) is 4.60. The fraction of sp³-hybridized carbons (Fsp3) is 0.737. The molecule has 0 spiro atoms. The van der Waals surface area contributed by atoms with Gasteiger partial charge >= 0.3 is 0 Å². The molecule has 2 rings (SSSR count). The Bertz CT molecular complexity index is 601. The van der Waals surface area contributed by atoms with Crippen molar-refractivity contribution in [1.82, 2.24) is 13.6 Å². The molecule has 25 heavy (non-hydrogen) atoms. The van der Waals surface area contributed by atoms with E-state index >= 15 is 0 Å². The predicted octanol–water partition coefficient (Wildman–Crippen LogP) is 3.69. The highest BCUT2D eigenvalue weighted by Crippen LogP contribution is 2.32. The van der Waals surface area contributed by atoms with Gasteiger partial charge in [-0.1, -0.05) is 33.8 Å². The van der Waals surface area contributed by atoms with Gasteiger partial charge < -0.3 is 0 Å². The zero-order valence-corrected chi connectivity index (χ0v) is 16.9. The second-order valence-electron chi connectivity index (χ2n) is 7.91. The van der Waals surface area contributed by atoms with Gasteiger partial charge in [-0.25, -0.2) is 0 Å². The minimum Gasteiger partial charge on any atom is -0.264 e. The number of aromatic nitrogens is 1. The SMILES string of the molecule is CC(C)CCN(CCC(C)C)S(=O)(=O)N(Cc1cccnc1)C1CC1. The third kappa shape index (κ3) is 6.35. The van der Waals surface area contributed by atoms with Crippen LogP contribution in [-0.2, 0) is 16.8 Å². The number of hydrogen-bond donors (Lipinski definition) is 0. The Hall–Kier alpha value is -0.980. The van der Waals surface area contributed by atoms with Gasteiger partial charge in [0.25, 0.3) is 10.2 Å². The first-order valence-corrected chi connectivity index (χ1v) is 10.9. The van der Waals surface area contributed by atoms with E-state index in [1.165, 1.54) is 0 Å². The summed E-state index contributed by atoms with van der Waals surface area (Å²) in [5.74, 6) is 0.980. The van der Waals surface area contributed by atoms with Crippen molar-refractivity contribution in [2.75, 3.05) is 13.1 Å². The topological polar surface area (TPSA) is 53.5 Å². The van der Waals surface area contributed by atoms with Gasteiger partial charge in [-0.2, -0.15) is 17.0 Å². The van der Waals surface area contributed by atoms with Gasteiger partial charge in [0, 0.05) is 38.1 Å². The molecule has 1 aromatic heterocycles. The highest BCUT2D eigenvalue weighted by molar-refractivity contribution is 7.86. The molecule has 1 aliphatic rings. The summed E-state index contributed by atoms with van der Waals surface area (Å²) in [7, 11) is -3.45. The van der Waals surface area contributed by atoms with Crippen LogP contribution in [0.3, 0.4) is 0 Å². The molecule has 1 saturated carbocycles. The Balaban J connectivity index is 2.17. The van der Waals surface area contributed by atoms with Crippen LogP contribution >= 0.6 is 0 Å². The van der Waals surface area contributed by atoms with Crippen molar-refractivity contribution in [3.05, 3.63) is 30.1 Å². The smallest absolute Gasteiger partial charge is 0.264 e. The first kappa shape index (κ1) is 20.3. The van der Waals surface area contributed by atoms with Crippen LogP contribution in [0.5, 0.6) is 0 Å². The molecular formula is C19H33N3O2S. The van der Waals surface area contributed by atoms with Gasteiger partial charge in [-0.15, -0.1) is 0 Å². The lowest BCUT2D eigenvalue weighted by atomic mass is 10.1. The summed E-state index contributed by atoms with van der Waals surface area (Å²) in [6.45, 7) is 10.2. The van der Waals surface area contributed by atoms with Gasteiger partial charge in [-0.05, 0) is 49.1 Å². The van der Waals surface area contributed by atoms with E-state index in [-0.39, 0.29) is 6.04 Å². The van der Waals surface area contributed by atoms with Crippen molar-refractivity contribution >= 4 is 10.2 Å². The minimum absolute atomic E-state index is 0.144. The zero-order chi connectivity index (χ0) is 18.4. The average molecular weight is 368 g/mol. The largest absolute Gasteiger partial charge is 0.282 e. The van der Waals surface area contributed by atoms with E-state index in [9.17, 15) is 8.42 Å². The van der Waals surface area contributed by atoms with E-state index in [2.05, 4.69) is 32.7 Å². The van der Waals surface area contributed by atoms with Gasteiger partial charge in [0.1, 0.15) is 0 Å². The van der Waals surface area contributed by atoms with E-state index in [0.29, 0.717) is 31.5 Å². The van der Waals surface area contributed by atoms with E-state index in [1.54, 1.807) is 21.0 Å². The summed E-state index contributed by atoms with van der Waals surface area (Å²) in [6.07, 6.45) is 7.18. The quantitative estimate of drug-likeness (QED) is 0.599. The summed E-state index contributed by atoms with van der Waals surface area (Å²) >= 11 is 0. The number of rotatable bonds is 11. The summed E-state index contributed by atoms with van der Waals surface area (Å²) < 4.78 is 30.2. The molecule has 1 heterocycles. The van der Waals surface area contributed by atoms with Crippen LogP contribution in [0.25, 0.3) is 0 Å². The Morgan fingerprint density at radius 2 is 1.72 bits per heavy atom. The predicted molar refractivity (Wildman–Crippen MR) is 102 cm³/mol. The first-order valence-electron chi connectivity index (χ1n) is 9.46. The van der Waals surface area contributed by atoms with Crippen molar-refractivity contribution in [2.45, 2.75) is 66.0 Å². The van der Waals surface area contributed by atoms with Crippen molar-refractivity contribution < 1.29 is 8.42 Å². The Kier molecular flexibility index (Phi) is 7.40. The first-order chi connectivity index (χ1) is 11.8. The molecule has 0 unspecified atom stereocenters. The maximum Gasteiger partial charge on any atom is 0.282 e. The third-order valence-electron chi connectivity index (χ3n) is 4.55. The highest BCUT2D eigenvalue weighted by Gasteiger charge is 2.40. The molecule has 0 aliphatic heterocycles. The Labute approximate surface area is 153 Å². The third-order valence-corrected chi connectivity index (χ3v) is 6.59. The van der Waals surface area contributed by atoms with E-state index in [4.69, 9.17) is 0 Å². The molecule has 6 heteroatoms. The van der Waals surface area contributed by atoms with Gasteiger partial charge in [0.05, 0.1) is 0 Å². The van der Waals surface area contributed by atoms with Crippen molar-refractivity contribution in [3.63, 3.8) is 0 Å². The number of hydrogen-bond acceptors (Lipinski definition) is 3. The van der Waals surface area contributed by atoms with E-state index < -0.39 is 10.2 Å². The fourth-order valence-electron chi connectivity index (χ4n) is 2.73. The second kappa shape index (κ2) is 9.10. The Morgan fingerprint density at radius 1 is 1.12 bits per heavy atom. The maximum atomic E-state index is 13.4. The maximum absolute atomic E-state index is 13.4. The average Bonchev–Trinajstić information content (AvgIpc) is 3.37. The van der Waals surface area contributed by atoms with Gasteiger partial charge in [0.2, 0.25) is 0 Å².